The summed E-state index contributed by atoms with van der Waals surface area (Å²) in [6.45, 7) is 3.78. The molecule has 0 saturated carbocycles. The molecule has 1 saturated heterocycles. The van der Waals surface area contributed by atoms with Crippen molar-refractivity contribution in [3.63, 3.8) is 0 Å². The monoisotopic (exact) mass is 396 g/mol. The van der Waals surface area contributed by atoms with Crippen LogP contribution in [-0.2, 0) is 13.1 Å². The van der Waals surface area contributed by atoms with Gasteiger partial charge in [-0.05, 0) is 43.1 Å². The average molecular weight is 397 g/mol. The molecule has 0 atom stereocenters. The van der Waals surface area contributed by atoms with Crippen molar-refractivity contribution in [3.05, 3.63) is 71.3 Å². The van der Waals surface area contributed by atoms with E-state index in [0.29, 0.717) is 18.2 Å². The normalized spacial score (nSPS) is 14.9. The van der Waals surface area contributed by atoms with Crippen LogP contribution in [-0.4, -0.2) is 35.1 Å². The molecule has 1 aliphatic heterocycles. The van der Waals surface area contributed by atoms with E-state index in [-0.39, 0.29) is 24.8 Å². The summed E-state index contributed by atoms with van der Waals surface area (Å²) in [6, 6.07) is 18.3. The van der Waals surface area contributed by atoms with Crippen molar-refractivity contribution in [2.45, 2.75) is 32.0 Å². The van der Waals surface area contributed by atoms with E-state index in [1.807, 2.05) is 12.1 Å². The molecule has 4 nitrogen and oxygen atoms in total. The van der Waals surface area contributed by atoms with E-state index in [1.54, 1.807) is 12.1 Å². The van der Waals surface area contributed by atoms with Crippen LogP contribution in [0.2, 0.25) is 0 Å². The van der Waals surface area contributed by atoms with Gasteiger partial charge in [0.25, 0.3) is 0 Å². The maximum absolute atomic E-state index is 11.3. The van der Waals surface area contributed by atoms with E-state index in [1.165, 1.54) is 5.56 Å². The highest BCUT2D eigenvalue weighted by Gasteiger charge is 2.19. The number of piperidine rings is 1. The van der Waals surface area contributed by atoms with E-state index in [0.717, 1.165) is 38.0 Å². The molecule has 0 aliphatic carbocycles. The molecular weight excluding hydrogens is 371 g/mol. The number of halogens is 2. The van der Waals surface area contributed by atoms with Crippen LogP contribution >= 0.6 is 24.8 Å². The molecule has 6 heteroatoms. The Kier molecular flexibility index (Phi) is 9.66. The summed E-state index contributed by atoms with van der Waals surface area (Å²) in [5, 5.41) is 12.8. The van der Waals surface area contributed by atoms with E-state index in [2.05, 4.69) is 40.5 Å². The smallest absolute Gasteiger partial charge is 0.336 e. The third-order valence-corrected chi connectivity index (χ3v) is 4.67. The van der Waals surface area contributed by atoms with Gasteiger partial charge in [0.05, 0.1) is 5.56 Å². The first-order chi connectivity index (χ1) is 11.7. The minimum atomic E-state index is -0.856. The number of rotatable bonds is 6. The summed E-state index contributed by atoms with van der Waals surface area (Å²) >= 11 is 0. The molecular formula is C20H26Cl2N2O2. The number of likely N-dealkylation sites (tertiary alicyclic amines) is 1. The summed E-state index contributed by atoms with van der Waals surface area (Å²) in [6.07, 6.45) is 2.20. The van der Waals surface area contributed by atoms with Gasteiger partial charge in [-0.2, -0.15) is 0 Å². The molecule has 1 heterocycles. The van der Waals surface area contributed by atoms with Crippen LogP contribution in [0.1, 0.15) is 34.3 Å². The third kappa shape index (κ3) is 6.29. The standard InChI is InChI=1S/C20H24N2O2.2ClH/c23-20(24)19-9-5-4-8-17(19)14-21-18-10-12-22(13-11-18)15-16-6-2-1-3-7-16;;/h1-9,18,21H,10-15H2,(H,23,24);2*1H. The second kappa shape index (κ2) is 11.2. The number of hydrogen-bond donors (Lipinski definition) is 2. The SMILES string of the molecule is Cl.Cl.O=C(O)c1ccccc1CNC1CCN(Cc2ccccc2)CC1. The number of carboxylic acid groups (broad SMARTS) is 1. The molecule has 0 aromatic heterocycles. The third-order valence-electron chi connectivity index (χ3n) is 4.67. The van der Waals surface area contributed by atoms with Gasteiger partial charge in [-0.25, -0.2) is 4.79 Å². The van der Waals surface area contributed by atoms with Crippen molar-refractivity contribution in [2.75, 3.05) is 13.1 Å². The molecule has 26 heavy (non-hydrogen) atoms. The lowest BCUT2D eigenvalue weighted by Crippen LogP contribution is -2.42. The van der Waals surface area contributed by atoms with E-state index in [9.17, 15) is 9.90 Å². The van der Waals surface area contributed by atoms with Crippen molar-refractivity contribution in [2.24, 2.45) is 0 Å². The lowest BCUT2D eigenvalue weighted by Gasteiger charge is -2.32. The summed E-state index contributed by atoms with van der Waals surface area (Å²) in [5.41, 5.74) is 2.61. The van der Waals surface area contributed by atoms with Gasteiger partial charge in [-0.1, -0.05) is 48.5 Å². The highest BCUT2D eigenvalue weighted by atomic mass is 35.5. The van der Waals surface area contributed by atoms with Crippen molar-refractivity contribution in [1.82, 2.24) is 10.2 Å². The molecule has 0 bridgehead atoms. The first-order valence-corrected chi connectivity index (χ1v) is 8.53. The molecule has 0 spiro atoms. The molecule has 0 amide bonds. The fourth-order valence-corrected chi connectivity index (χ4v) is 3.27. The Bertz CT molecular complexity index is 675. The molecule has 2 N–H and O–H groups in total. The Morgan fingerprint density at radius 2 is 1.62 bits per heavy atom. The molecule has 142 valence electrons. The van der Waals surface area contributed by atoms with Crippen molar-refractivity contribution >= 4 is 30.8 Å². The topological polar surface area (TPSA) is 52.6 Å². The second-order valence-electron chi connectivity index (χ2n) is 6.38. The minimum Gasteiger partial charge on any atom is -0.478 e. The summed E-state index contributed by atoms with van der Waals surface area (Å²) < 4.78 is 0. The zero-order valence-electron chi connectivity index (χ0n) is 14.6. The van der Waals surface area contributed by atoms with Crippen LogP contribution in [0.5, 0.6) is 0 Å². The van der Waals surface area contributed by atoms with E-state index >= 15 is 0 Å². The Hall–Kier alpha value is -1.59. The number of nitrogens with zero attached hydrogens (tertiary/aromatic N) is 1. The molecule has 1 fully saturated rings. The summed E-state index contributed by atoms with van der Waals surface area (Å²) in [5.74, 6) is -0.856. The number of carbonyl (C=O) groups is 1. The fraction of sp³-hybridized carbons (Fsp3) is 0.350. The van der Waals surface area contributed by atoms with Crippen LogP contribution in [0.3, 0.4) is 0 Å². The van der Waals surface area contributed by atoms with Gasteiger partial charge >= 0.3 is 5.97 Å². The zero-order valence-corrected chi connectivity index (χ0v) is 16.3. The maximum atomic E-state index is 11.3. The van der Waals surface area contributed by atoms with E-state index < -0.39 is 5.97 Å². The zero-order chi connectivity index (χ0) is 16.8. The lowest BCUT2D eigenvalue weighted by molar-refractivity contribution is 0.0695. The second-order valence-corrected chi connectivity index (χ2v) is 6.38. The van der Waals surface area contributed by atoms with E-state index in [4.69, 9.17) is 0 Å². The van der Waals surface area contributed by atoms with Crippen molar-refractivity contribution < 1.29 is 9.90 Å². The highest BCUT2D eigenvalue weighted by Crippen LogP contribution is 2.15. The summed E-state index contributed by atoms with van der Waals surface area (Å²) in [7, 11) is 0. The molecule has 0 radical (unpaired) electrons. The quantitative estimate of drug-likeness (QED) is 0.774. The molecule has 3 rings (SSSR count). The Labute approximate surface area is 167 Å². The van der Waals surface area contributed by atoms with Crippen molar-refractivity contribution in [3.8, 4) is 0 Å². The number of aromatic carboxylic acids is 1. The number of benzene rings is 2. The van der Waals surface area contributed by atoms with Crippen molar-refractivity contribution in [1.29, 1.82) is 0 Å². The van der Waals surface area contributed by atoms with Gasteiger partial charge in [0.1, 0.15) is 0 Å². The van der Waals surface area contributed by atoms with Crippen LogP contribution in [0.15, 0.2) is 54.6 Å². The van der Waals surface area contributed by atoms with Crippen LogP contribution < -0.4 is 5.32 Å². The molecule has 1 aliphatic rings. The average Bonchev–Trinajstić information content (AvgIpc) is 2.62. The molecule has 0 unspecified atom stereocenters. The number of carboxylic acids is 1. The molecule has 2 aromatic carbocycles. The Morgan fingerprint density at radius 1 is 1.00 bits per heavy atom. The summed E-state index contributed by atoms with van der Waals surface area (Å²) in [4.78, 5) is 13.7. The number of hydrogen-bond acceptors (Lipinski definition) is 3. The Balaban J connectivity index is 0.00000169. The van der Waals surface area contributed by atoms with Gasteiger partial charge in [-0.3, -0.25) is 4.90 Å². The first kappa shape index (κ1) is 22.5. The Morgan fingerprint density at radius 3 is 2.27 bits per heavy atom. The maximum Gasteiger partial charge on any atom is 0.336 e. The fourth-order valence-electron chi connectivity index (χ4n) is 3.27. The predicted molar refractivity (Wildman–Crippen MR) is 109 cm³/mol. The lowest BCUT2D eigenvalue weighted by atomic mass is 10.0. The van der Waals surface area contributed by atoms with Gasteiger partial charge < -0.3 is 10.4 Å². The van der Waals surface area contributed by atoms with Gasteiger partial charge in [0, 0.05) is 19.1 Å². The van der Waals surface area contributed by atoms with Gasteiger partial charge in [0.15, 0.2) is 0 Å². The highest BCUT2D eigenvalue weighted by molar-refractivity contribution is 5.89. The predicted octanol–water partition coefficient (Wildman–Crippen LogP) is 3.98. The largest absolute Gasteiger partial charge is 0.478 e. The number of nitrogens with one attached hydrogen (secondary N) is 1. The van der Waals surface area contributed by atoms with Crippen LogP contribution in [0.4, 0.5) is 0 Å². The van der Waals surface area contributed by atoms with Gasteiger partial charge in [-0.15, -0.1) is 24.8 Å². The van der Waals surface area contributed by atoms with Crippen LogP contribution in [0.25, 0.3) is 0 Å². The molecule has 2 aromatic rings. The minimum absolute atomic E-state index is 0. The first-order valence-electron chi connectivity index (χ1n) is 8.53. The van der Waals surface area contributed by atoms with Crippen LogP contribution in [0, 0.1) is 0 Å². The van der Waals surface area contributed by atoms with Gasteiger partial charge in [0.2, 0.25) is 0 Å².